The van der Waals surface area contributed by atoms with Crippen molar-refractivity contribution in [1.29, 1.82) is 0 Å². The van der Waals surface area contributed by atoms with Gasteiger partial charge in [0.25, 0.3) is 0 Å². The first kappa shape index (κ1) is 8.46. The van der Waals surface area contributed by atoms with E-state index in [1.54, 1.807) is 12.3 Å². The van der Waals surface area contributed by atoms with Gasteiger partial charge in [0.1, 0.15) is 0 Å². The average Bonchev–Trinajstić information content (AvgIpc) is 2.05. The summed E-state index contributed by atoms with van der Waals surface area (Å²) in [4.78, 5) is 14.6. The van der Waals surface area contributed by atoms with E-state index in [1.807, 2.05) is 12.1 Å². The lowest BCUT2D eigenvalue weighted by atomic mass is 10.3. The van der Waals surface area contributed by atoms with E-state index in [4.69, 9.17) is 0 Å². The van der Waals surface area contributed by atoms with Crippen LogP contribution in [-0.4, -0.2) is 10.9 Å². The monoisotopic (exact) mass is 162 g/mol. The first-order valence-electron chi connectivity index (χ1n) is 3.58. The number of pyridine rings is 1. The van der Waals surface area contributed by atoms with Crippen LogP contribution in [0.2, 0.25) is 0 Å². The van der Waals surface area contributed by atoms with Crippen molar-refractivity contribution in [3.8, 4) is 0 Å². The van der Waals surface area contributed by atoms with Crippen molar-refractivity contribution in [2.75, 3.05) is 0 Å². The highest BCUT2D eigenvalue weighted by Crippen LogP contribution is 2.03. The average molecular weight is 162 g/mol. The van der Waals surface area contributed by atoms with Crippen molar-refractivity contribution >= 4 is 11.6 Å². The van der Waals surface area contributed by atoms with Crippen molar-refractivity contribution in [3.63, 3.8) is 0 Å². The van der Waals surface area contributed by atoms with E-state index >= 15 is 0 Å². The lowest BCUT2D eigenvalue weighted by Crippen LogP contribution is -2.17. The van der Waals surface area contributed by atoms with Gasteiger partial charge in [-0.1, -0.05) is 12.6 Å². The number of carbonyl (C=O) groups is 1. The first-order valence-corrected chi connectivity index (χ1v) is 3.58. The van der Waals surface area contributed by atoms with E-state index < -0.39 is 0 Å². The fourth-order valence-corrected chi connectivity index (χ4v) is 0.818. The SMILES string of the molecule is C=C(NC(C)=O)c1ccccn1. The second-order valence-electron chi connectivity index (χ2n) is 2.37. The van der Waals surface area contributed by atoms with Crippen LogP contribution in [0.1, 0.15) is 12.6 Å². The molecule has 62 valence electrons. The van der Waals surface area contributed by atoms with Gasteiger partial charge < -0.3 is 5.32 Å². The molecule has 0 spiro atoms. The number of carbonyl (C=O) groups excluding carboxylic acids is 1. The zero-order valence-corrected chi connectivity index (χ0v) is 6.87. The van der Waals surface area contributed by atoms with Crippen LogP contribution in [0.25, 0.3) is 5.70 Å². The molecule has 1 amide bonds. The van der Waals surface area contributed by atoms with Crippen molar-refractivity contribution in [2.45, 2.75) is 6.92 Å². The summed E-state index contributed by atoms with van der Waals surface area (Å²) in [7, 11) is 0. The summed E-state index contributed by atoms with van der Waals surface area (Å²) in [5, 5.41) is 2.56. The summed E-state index contributed by atoms with van der Waals surface area (Å²) in [6.07, 6.45) is 1.66. The molecule has 0 atom stereocenters. The standard InChI is InChI=1S/C9H10N2O/c1-7(11-8(2)12)9-5-3-4-6-10-9/h3-6H,1H2,2H3,(H,11,12). The van der Waals surface area contributed by atoms with Gasteiger partial charge in [0.05, 0.1) is 11.4 Å². The highest BCUT2D eigenvalue weighted by Gasteiger charge is 1.99. The Balaban J connectivity index is 2.73. The van der Waals surface area contributed by atoms with Crippen molar-refractivity contribution in [2.24, 2.45) is 0 Å². The van der Waals surface area contributed by atoms with Crippen molar-refractivity contribution in [3.05, 3.63) is 36.7 Å². The molecule has 0 radical (unpaired) electrons. The summed E-state index contributed by atoms with van der Waals surface area (Å²) >= 11 is 0. The third-order valence-corrected chi connectivity index (χ3v) is 1.30. The maximum atomic E-state index is 10.6. The molecule has 3 heteroatoms. The van der Waals surface area contributed by atoms with Gasteiger partial charge in [-0.3, -0.25) is 9.78 Å². The molecule has 0 unspecified atom stereocenters. The smallest absolute Gasteiger partial charge is 0.221 e. The van der Waals surface area contributed by atoms with Crippen molar-refractivity contribution in [1.82, 2.24) is 10.3 Å². The van der Waals surface area contributed by atoms with Crippen LogP contribution >= 0.6 is 0 Å². The minimum Gasteiger partial charge on any atom is -0.325 e. The molecular weight excluding hydrogens is 152 g/mol. The molecule has 1 N–H and O–H groups in total. The van der Waals surface area contributed by atoms with E-state index in [2.05, 4.69) is 16.9 Å². The Morgan fingerprint density at radius 3 is 2.83 bits per heavy atom. The van der Waals surface area contributed by atoms with E-state index in [-0.39, 0.29) is 5.91 Å². The van der Waals surface area contributed by atoms with Gasteiger partial charge in [-0.25, -0.2) is 0 Å². The van der Waals surface area contributed by atoms with Crippen LogP contribution < -0.4 is 5.32 Å². The summed E-state index contributed by atoms with van der Waals surface area (Å²) in [6, 6.07) is 5.44. The quantitative estimate of drug-likeness (QED) is 0.709. The van der Waals surface area contributed by atoms with Crippen LogP contribution in [0.5, 0.6) is 0 Å². The Hall–Kier alpha value is -1.64. The second-order valence-corrected chi connectivity index (χ2v) is 2.37. The molecule has 1 aromatic rings. The predicted molar refractivity (Wildman–Crippen MR) is 47.1 cm³/mol. The number of hydrogen-bond acceptors (Lipinski definition) is 2. The maximum Gasteiger partial charge on any atom is 0.221 e. The maximum absolute atomic E-state index is 10.6. The highest BCUT2D eigenvalue weighted by atomic mass is 16.1. The van der Waals surface area contributed by atoms with Gasteiger partial charge in [-0.05, 0) is 12.1 Å². The Bertz CT molecular complexity index is 293. The van der Waals surface area contributed by atoms with Crippen LogP contribution in [0.4, 0.5) is 0 Å². The summed E-state index contributed by atoms with van der Waals surface area (Å²) in [6.45, 7) is 5.11. The van der Waals surface area contributed by atoms with Gasteiger partial charge in [0, 0.05) is 13.1 Å². The van der Waals surface area contributed by atoms with E-state index in [9.17, 15) is 4.79 Å². The zero-order valence-electron chi connectivity index (χ0n) is 6.87. The Morgan fingerprint density at radius 1 is 1.58 bits per heavy atom. The fourth-order valence-electron chi connectivity index (χ4n) is 0.818. The molecule has 0 aliphatic heterocycles. The Morgan fingerprint density at radius 2 is 2.33 bits per heavy atom. The Labute approximate surface area is 71.1 Å². The molecule has 0 aliphatic rings. The molecule has 0 saturated carbocycles. The third kappa shape index (κ3) is 2.20. The van der Waals surface area contributed by atoms with Gasteiger partial charge >= 0.3 is 0 Å². The normalized spacial score (nSPS) is 9.08. The number of rotatable bonds is 2. The molecule has 1 rings (SSSR count). The number of amides is 1. The number of nitrogens with one attached hydrogen (secondary N) is 1. The van der Waals surface area contributed by atoms with Gasteiger partial charge in [-0.2, -0.15) is 0 Å². The topological polar surface area (TPSA) is 42.0 Å². The summed E-state index contributed by atoms with van der Waals surface area (Å²) in [5.41, 5.74) is 1.22. The van der Waals surface area contributed by atoms with Crippen LogP contribution in [0.3, 0.4) is 0 Å². The fraction of sp³-hybridized carbons (Fsp3) is 0.111. The third-order valence-electron chi connectivity index (χ3n) is 1.30. The number of nitrogens with zero attached hydrogens (tertiary/aromatic N) is 1. The molecule has 3 nitrogen and oxygen atoms in total. The molecule has 1 heterocycles. The molecule has 0 aliphatic carbocycles. The van der Waals surface area contributed by atoms with Gasteiger partial charge in [0.15, 0.2) is 0 Å². The van der Waals surface area contributed by atoms with Crippen molar-refractivity contribution < 1.29 is 4.79 Å². The van der Waals surface area contributed by atoms with E-state index in [1.165, 1.54) is 6.92 Å². The predicted octanol–water partition coefficient (Wildman–Crippen LogP) is 1.19. The van der Waals surface area contributed by atoms with E-state index in [0.29, 0.717) is 11.4 Å². The zero-order chi connectivity index (χ0) is 8.97. The minimum atomic E-state index is -0.134. The summed E-state index contributed by atoms with van der Waals surface area (Å²) in [5.74, 6) is -0.134. The first-order chi connectivity index (χ1) is 5.70. The minimum absolute atomic E-state index is 0.134. The lowest BCUT2D eigenvalue weighted by Gasteiger charge is -2.03. The summed E-state index contributed by atoms with van der Waals surface area (Å²) < 4.78 is 0. The lowest BCUT2D eigenvalue weighted by molar-refractivity contribution is -0.117. The highest BCUT2D eigenvalue weighted by molar-refractivity contribution is 5.83. The molecular formula is C9H10N2O. The van der Waals surface area contributed by atoms with Gasteiger partial charge in [0.2, 0.25) is 5.91 Å². The molecule has 0 saturated heterocycles. The number of aromatic nitrogens is 1. The van der Waals surface area contributed by atoms with Crippen LogP contribution in [0, 0.1) is 0 Å². The number of hydrogen-bond donors (Lipinski definition) is 1. The molecule has 0 bridgehead atoms. The van der Waals surface area contributed by atoms with Gasteiger partial charge in [-0.15, -0.1) is 0 Å². The Kier molecular flexibility index (Phi) is 2.58. The molecule has 12 heavy (non-hydrogen) atoms. The van der Waals surface area contributed by atoms with Crippen LogP contribution in [-0.2, 0) is 4.79 Å². The van der Waals surface area contributed by atoms with Crippen LogP contribution in [0.15, 0.2) is 31.0 Å². The molecule has 0 aromatic carbocycles. The second kappa shape index (κ2) is 3.67. The molecule has 1 aromatic heterocycles. The van der Waals surface area contributed by atoms with E-state index in [0.717, 1.165) is 0 Å². The largest absolute Gasteiger partial charge is 0.325 e. The molecule has 0 fully saturated rings.